The second kappa shape index (κ2) is 6.87. The first kappa shape index (κ1) is 15.0. The number of anilines is 1. The van der Waals surface area contributed by atoms with Gasteiger partial charge in [0, 0.05) is 6.42 Å². The number of H-pyrrole nitrogens is 1. The van der Waals surface area contributed by atoms with Gasteiger partial charge in [0.2, 0.25) is 0 Å². The van der Waals surface area contributed by atoms with Crippen LogP contribution in [0.15, 0.2) is 64.8 Å². The summed E-state index contributed by atoms with van der Waals surface area (Å²) in [5.74, 6) is 0.367. The predicted octanol–water partition coefficient (Wildman–Crippen LogP) is 4.56. The van der Waals surface area contributed by atoms with E-state index in [0.29, 0.717) is 17.9 Å². The van der Waals surface area contributed by atoms with E-state index >= 15 is 0 Å². The number of rotatable bonds is 5. The van der Waals surface area contributed by atoms with Crippen molar-refractivity contribution in [2.24, 2.45) is 10.2 Å². The molecule has 0 aliphatic carbocycles. The maximum atomic E-state index is 5.92. The van der Waals surface area contributed by atoms with Crippen LogP contribution in [0.2, 0.25) is 0 Å². The number of nitrogens with two attached hydrogens (primary N) is 1. The van der Waals surface area contributed by atoms with E-state index in [0.717, 1.165) is 17.8 Å². The fourth-order valence-corrected chi connectivity index (χ4v) is 2.39. The first-order valence-corrected chi connectivity index (χ1v) is 7.63. The Bertz CT molecular complexity index is 805. The normalized spacial score (nSPS) is 11.2. The molecule has 5 nitrogen and oxygen atoms in total. The van der Waals surface area contributed by atoms with Gasteiger partial charge in [0.15, 0.2) is 11.5 Å². The zero-order valence-electron chi connectivity index (χ0n) is 13.0. The van der Waals surface area contributed by atoms with Crippen LogP contribution < -0.4 is 5.73 Å². The van der Waals surface area contributed by atoms with Crippen molar-refractivity contribution in [2.75, 3.05) is 5.73 Å². The summed E-state index contributed by atoms with van der Waals surface area (Å²) in [6.45, 7) is 2.15. The fraction of sp³-hybridized carbons (Fsp3) is 0.167. The largest absolute Gasteiger partial charge is 0.380 e. The fourth-order valence-electron chi connectivity index (χ4n) is 2.39. The van der Waals surface area contributed by atoms with Crippen molar-refractivity contribution in [3.05, 3.63) is 71.4 Å². The van der Waals surface area contributed by atoms with Crippen molar-refractivity contribution in [2.45, 2.75) is 19.8 Å². The van der Waals surface area contributed by atoms with E-state index in [1.54, 1.807) is 0 Å². The van der Waals surface area contributed by atoms with Gasteiger partial charge in [0.1, 0.15) is 0 Å². The maximum Gasteiger partial charge on any atom is 0.173 e. The number of hydrogen-bond donors (Lipinski definition) is 2. The molecule has 0 fully saturated rings. The van der Waals surface area contributed by atoms with E-state index < -0.39 is 0 Å². The molecule has 2 aromatic carbocycles. The molecule has 3 rings (SSSR count). The highest BCUT2D eigenvalue weighted by atomic mass is 15.2. The van der Waals surface area contributed by atoms with Crippen LogP contribution in [0.4, 0.5) is 17.2 Å². The van der Waals surface area contributed by atoms with Gasteiger partial charge in [-0.25, -0.2) is 0 Å². The SMILES string of the molecule is CCc1cccc(Cc2[nH]nc(N)c2N=Nc2ccccc2)c1. The van der Waals surface area contributed by atoms with Gasteiger partial charge in [-0.1, -0.05) is 49.4 Å². The summed E-state index contributed by atoms with van der Waals surface area (Å²) in [5.41, 5.74) is 10.7. The summed E-state index contributed by atoms with van der Waals surface area (Å²) in [4.78, 5) is 0. The molecule has 3 aromatic rings. The lowest BCUT2D eigenvalue weighted by atomic mass is 10.0. The summed E-state index contributed by atoms with van der Waals surface area (Å²) in [7, 11) is 0. The van der Waals surface area contributed by atoms with Gasteiger partial charge in [-0.2, -0.15) is 10.2 Å². The number of aryl methyl sites for hydroxylation is 1. The Kier molecular flexibility index (Phi) is 4.47. The van der Waals surface area contributed by atoms with E-state index in [9.17, 15) is 0 Å². The van der Waals surface area contributed by atoms with Crippen LogP contribution in [-0.4, -0.2) is 10.2 Å². The summed E-state index contributed by atoms with van der Waals surface area (Å²) in [5, 5.41) is 15.5. The van der Waals surface area contributed by atoms with Crippen LogP contribution in [0.25, 0.3) is 0 Å². The van der Waals surface area contributed by atoms with Crippen LogP contribution >= 0.6 is 0 Å². The van der Waals surface area contributed by atoms with Crippen molar-refractivity contribution in [1.82, 2.24) is 10.2 Å². The third kappa shape index (κ3) is 3.63. The molecule has 0 amide bonds. The lowest BCUT2D eigenvalue weighted by molar-refractivity contribution is 0.992. The quantitative estimate of drug-likeness (QED) is 0.678. The van der Waals surface area contributed by atoms with Crippen molar-refractivity contribution in [3.8, 4) is 0 Å². The topological polar surface area (TPSA) is 79.4 Å². The zero-order chi connectivity index (χ0) is 16.1. The highest BCUT2D eigenvalue weighted by Crippen LogP contribution is 2.28. The second-order valence-corrected chi connectivity index (χ2v) is 5.32. The minimum absolute atomic E-state index is 0.367. The number of nitrogens with one attached hydrogen (secondary N) is 1. The molecule has 0 aliphatic rings. The Morgan fingerprint density at radius 3 is 2.57 bits per heavy atom. The number of aromatic nitrogens is 2. The highest BCUT2D eigenvalue weighted by molar-refractivity contribution is 5.61. The van der Waals surface area contributed by atoms with Crippen LogP contribution in [-0.2, 0) is 12.8 Å². The van der Waals surface area contributed by atoms with E-state index in [4.69, 9.17) is 5.73 Å². The molecule has 1 heterocycles. The molecule has 0 radical (unpaired) electrons. The molecule has 23 heavy (non-hydrogen) atoms. The Hall–Kier alpha value is -2.95. The summed E-state index contributed by atoms with van der Waals surface area (Å²) in [6, 6.07) is 18.0. The van der Waals surface area contributed by atoms with Crippen molar-refractivity contribution in [3.63, 3.8) is 0 Å². The molecule has 0 atom stereocenters. The van der Waals surface area contributed by atoms with E-state index in [2.05, 4.69) is 51.6 Å². The summed E-state index contributed by atoms with van der Waals surface area (Å²) < 4.78 is 0. The molecule has 0 saturated heterocycles. The number of nitrogens with zero attached hydrogens (tertiary/aromatic N) is 3. The minimum atomic E-state index is 0.367. The average Bonchev–Trinajstić information content (AvgIpc) is 2.94. The second-order valence-electron chi connectivity index (χ2n) is 5.32. The van der Waals surface area contributed by atoms with Gasteiger partial charge in [0.05, 0.1) is 11.4 Å². The summed E-state index contributed by atoms with van der Waals surface area (Å²) in [6.07, 6.45) is 1.71. The van der Waals surface area contributed by atoms with Gasteiger partial charge in [0.25, 0.3) is 0 Å². The molecule has 0 bridgehead atoms. The molecule has 0 aliphatic heterocycles. The van der Waals surface area contributed by atoms with Gasteiger partial charge >= 0.3 is 0 Å². The first-order valence-electron chi connectivity index (χ1n) is 7.63. The van der Waals surface area contributed by atoms with Crippen LogP contribution in [0.1, 0.15) is 23.7 Å². The molecule has 116 valence electrons. The molecule has 0 unspecified atom stereocenters. The Morgan fingerprint density at radius 1 is 1.00 bits per heavy atom. The van der Waals surface area contributed by atoms with Crippen LogP contribution in [0, 0.1) is 0 Å². The first-order chi connectivity index (χ1) is 11.3. The van der Waals surface area contributed by atoms with E-state index in [1.807, 2.05) is 30.3 Å². The Labute approximate surface area is 135 Å². The van der Waals surface area contributed by atoms with Crippen molar-refractivity contribution < 1.29 is 0 Å². The van der Waals surface area contributed by atoms with Gasteiger partial charge in [-0.15, -0.1) is 5.11 Å². The van der Waals surface area contributed by atoms with Crippen LogP contribution in [0.3, 0.4) is 0 Å². The molecule has 0 spiro atoms. The van der Waals surface area contributed by atoms with Gasteiger partial charge in [-0.3, -0.25) is 5.10 Å². The van der Waals surface area contributed by atoms with Gasteiger partial charge < -0.3 is 5.73 Å². The lowest BCUT2D eigenvalue weighted by Crippen LogP contribution is -1.91. The molecule has 5 heteroatoms. The number of azo groups is 1. The number of nitrogen functional groups attached to an aromatic ring is 1. The van der Waals surface area contributed by atoms with E-state index in [1.165, 1.54) is 11.1 Å². The number of benzene rings is 2. The molecule has 3 N–H and O–H groups in total. The molecular weight excluding hydrogens is 286 g/mol. The van der Waals surface area contributed by atoms with Crippen LogP contribution in [0.5, 0.6) is 0 Å². The zero-order valence-corrected chi connectivity index (χ0v) is 13.0. The number of aromatic amines is 1. The van der Waals surface area contributed by atoms with Gasteiger partial charge in [-0.05, 0) is 29.7 Å². The molecular formula is C18H19N5. The monoisotopic (exact) mass is 305 g/mol. The Morgan fingerprint density at radius 2 is 1.78 bits per heavy atom. The molecule has 0 saturated carbocycles. The summed E-state index contributed by atoms with van der Waals surface area (Å²) >= 11 is 0. The smallest absolute Gasteiger partial charge is 0.173 e. The lowest BCUT2D eigenvalue weighted by Gasteiger charge is -2.03. The van der Waals surface area contributed by atoms with Crippen molar-refractivity contribution in [1.29, 1.82) is 0 Å². The predicted molar refractivity (Wildman–Crippen MR) is 92.2 cm³/mol. The molecule has 1 aromatic heterocycles. The van der Waals surface area contributed by atoms with E-state index in [-0.39, 0.29) is 0 Å². The minimum Gasteiger partial charge on any atom is -0.380 e. The number of hydrogen-bond acceptors (Lipinski definition) is 4. The van der Waals surface area contributed by atoms with Crippen molar-refractivity contribution >= 4 is 17.2 Å². The third-order valence-corrected chi connectivity index (χ3v) is 3.64. The standard InChI is InChI=1S/C18H19N5/c1-2-13-7-6-8-14(11-13)12-16-17(18(19)23-21-16)22-20-15-9-4-3-5-10-15/h3-11H,2,12H2,1H3,(H3,19,21,23). The highest BCUT2D eigenvalue weighted by Gasteiger charge is 2.11. The Balaban J connectivity index is 1.85. The average molecular weight is 305 g/mol. The maximum absolute atomic E-state index is 5.92. The third-order valence-electron chi connectivity index (χ3n) is 3.64.